The van der Waals surface area contributed by atoms with Crippen LogP contribution >= 0.6 is 11.3 Å². The molecular weight excluding hydrogens is 627 g/mol. The highest BCUT2D eigenvalue weighted by Gasteiger charge is 2.19. The van der Waals surface area contributed by atoms with E-state index in [-0.39, 0.29) is 0 Å². The number of nitrogens with zero attached hydrogens (tertiary/aromatic N) is 1. The molecule has 0 amide bonds. The first kappa shape index (κ1) is 27.6. The lowest BCUT2D eigenvalue weighted by Crippen LogP contribution is -1.91. The van der Waals surface area contributed by atoms with Crippen molar-refractivity contribution in [2.24, 2.45) is 0 Å². The summed E-state index contributed by atoms with van der Waals surface area (Å²) in [4.78, 5) is 4.87. The Hall–Kier alpha value is -6.29. The second-order valence-corrected chi connectivity index (χ2v) is 14.1. The summed E-state index contributed by atoms with van der Waals surface area (Å²) in [5, 5.41) is 12.2. The summed E-state index contributed by atoms with van der Waals surface area (Å²) in [6.45, 7) is 0. The molecule has 9 aromatic carbocycles. The molecule has 0 bridgehead atoms. The Labute approximate surface area is 291 Å². The molecule has 0 saturated heterocycles. The zero-order valence-corrected chi connectivity index (χ0v) is 27.7. The SMILES string of the molecule is c1ccc(-c2nc3ccc4ccc5cc(-c6c7ccccc7c(-c7ccc8sc9ccccc9c8c7)c7ccccc67)ccc5c4c3o2)cc1. The molecule has 2 aromatic heterocycles. The fraction of sp³-hybridized carbons (Fsp3) is 0. The lowest BCUT2D eigenvalue weighted by molar-refractivity contribution is 0.623. The minimum atomic E-state index is 0.645. The van der Waals surface area contributed by atoms with E-state index in [1.165, 1.54) is 69.4 Å². The van der Waals surface area contributed by atoms with Crippen LogP contribution in [0.2, 0.25) is 0 Å². The normalized spacial score (nSPS) is 12.0. The van der Waals surface area contributed by atoms with E-state index in [0.29, 0.717) is 5.89 Å². The van der Waals surface area contributed by atoms with Gasteiger partial charge in [0, 0.05) is 31.1 Å². The first-order valence-corrected chi connectivity index (χ1v) is 17.8. The Kier molecular flexibility index (Phi) is 5.86. The molecule has 50 heavy (non-hydrogen) atoms. The number of hydrogen-bond acceptors (Lipinski definition) is 3. The van der Waals surface area contributed by atoms with Gasteiger partial charge in [0.25, 0.3) is 0 Å². The van der Waals surface area contributed by atoms with Gasteiger partial charge < -0.3 is 4.42 Å². The van der Waals surface area contributed by atoms with E-state index in [0.717, 1.165) is 32.8 Å². The summed E-state index contributed by atoms with van der Waals surface area (Å²) in [7, 11) is 0. The van der Waals surface area contributed by atoms with Crippen LogP contribution in [0, 0.1) is 0 Å². The van der Waals surface area contributed by atoms with Gasteiger partial charge in [-0.25, -0.2) is 4.98 Å². The van der Waals surface area contributed by atoms with Crippen LogP contribution in [0.5, 0.6) is 0 Å². The second-order valence-electron chi connectivity index (χ2n) is 13.0. The molecule has 3 heteroatoms. The molecule has 11 rings (SSSR count). The summed E-state index contributed by atoms with van der Waals surface area (Å²) >= 11 is 1.87. The largest absolute Gasteiger partial charge is 0.435 e. The van der Waals surface area contributed by atoms with Crippen LogP contribution in [-0.4, -0.2) is 4.98 Å². The summed E-state index contributed by atoms with van der Waals surface area (Å²) < 4.78 is 9.15. The van der Waals surface area contributed by atoms with Gasteiger partial charge in [-0.15, -0.1) is 11.3 Å². The Morgan fingerprint density at radius 1 is 0.400 bits per heavy atom. The smallest absolute Gasteiger partial charge is 0.227 e. The second kappa shape index (κ2) is 10.6. The Balaban J connectivity index is 1.15. The van der Waals surface area contributed by atoms with Crippen LogP contribution in [-0.2, 0) is 0 Å². The van der Waals surface area contributed by atoms with Crippen molar-refractivity contribution < 1.29 is 4.42 Å². The summed E-state index contributed by atoms with van der Waals surface area (Å²) in [6.07, 6.45) is 0. The number of fused-ring (bicyclic) bond motifs is 10. The molecule has 0 atom stereocenters. The molecule has 0 radical (unpaired) electrons. The van der Waals surface area contributed by atoms with E-state index in [2.05, 4.69) is 133 Å². The number of thiophene rings is 1. The van der Waals surface area contributed by atoms with Crippen LogP contribution < -0.4 is 0 Å². The molecule has 0 spiro atoms. The van der Waals surface area contributed by atoms with Gasteiger partial charge in [0.15, 0.2) is 5.58 Å². The quantitative estimate of drug-likeness (QED) is 0.140. The van der Waals surface area contributed by atoms with Crippen molar-refractivity contribution in [2.45, 2.75) is 0 Å². The van der Waals surface area contributed by atoms with Crippen LogP contribution in [0.4, 0.5) is 0 Å². The highest BCUT2D eigenvalue weighted by Crippen LogP contribution is 2.46. The van der Waals surface area contributed by atoms with Gasteiger partial charge in [-0.05, 0) is 102 Å². The predicted molar refractivity (Wildman–Crippen MR) is 213 cm³/mol. The summed E-state index contributed by atoms with van der Waals surface area (Å²) in [5.41, 5.74) is 7.66. The summed E-state index contributed by atoms with van der Waals surface area (Å²) in [6, 6.07) is 59.2. The molecule has 11 aromatic rings. The van der Waals surface area contributed by atoms with E-state index in [1.807, 2.05) is 41.7 Å². The molecule has 0 aliphatic heterocycles. The molecule has 0 unspecified atom stereocenters. The van der Waals surface area contributed by atoms with Crippen molar-refractivity contribution in [1.29, 1.82) is 0 Å². The lowest BCUT2D eigenvalue weighted by Gasteiger charge is -2.18. The topological polar surface area (TPSA) is 26.0 Å². The molecule has 0 N–H and O–H groups in total. The van der Waals surface area contributed by atoms with Gasteiger partial charge in [0.05, 0.1) is 0 Å². The minimum absolute atomic E-state index is 0.645. The zero-order chi connectivity index (χ0) is 32.8. The number of benzene rings is 9. The Bertz CT molecular complexity index is 3090. The number of oxazole rings is 1. The van der Waals surface area contributed by atoms with Gasteiger partial charge in [0.1, 0.15) is 5.52 Å². The van der Waals surface area contributed by atoms with Crippen molar-refractivity contribution in [3.05, 3.63) is 164 Å². The third-order valence-electron chi connectivity index (χ3n) is 10.3. The maximum absolute atomic E-state index is 6.50. The molecule has 2 heterocycles. The summed E-state index contributed by atoms with van der Waals surface area (Å²) in [5.74, 6) is 0.645. The van der Waals surface area contributed by atoms with E-state index >= 15 is 0 Å². The van der Waals surface area contributed by atoms with Crippen LogP contribution in [0.3, 0.4) is 0 Å². The average molecular weight is 654 g/mol. The zero-order valence-electron chi connectivity index (χ0n) is 26.9. The monoisotopic (exact) mass is 653 g/mol. The lowest BCUT2D eigenvalue weighted by atomic mass is 9.85. The Morgan fingerprint density at radius 3 is 1.72 bits per heavy atom. The fourth-order valence-electron chi connectivity index (χ4n) is 8.02. The van der Waals surface area contributed by atoms with E-state index in [4.69, 9.17) is 9.40 Å². The highest BCUT2D eigenvalue weighted by molar-refractivity contribution is 7.25. The number of rotatable bonds is 3. The number of hydrogen-bond donors (Lipinski definition) is 0. The molecular formula is C47H27NOS. The molecule has 0 aliphatic carbocycles. The third-order valence-corrected chi connectivity index (χ3v) is 11.4. The first-order valence-electron chi connectivity index (χ1n) is 17.0. The van der Waals surface area contributed by atoms with Crippen LogP contribution in [0.1, 0.15) is 0 Å². The molecule has 2 nitrogen and oxygen atoms in total. The third kappa shape index (κ3) is 4.05. The maximum atomic E-state index is 6.50. The fourth-order valence-corrected chi connectivity index (χ4v) is 9.11. The van der Waals surface area contributed by atoms with Crippen LogP contribution in [0.25, 0.3) is 108 Å². The van der Waals surface area contributed by atoms with Crippen molar-refractivity contribution in [3.63, 3.8) is 0 Å². The van der Waals surface area contributed by atoms with Crippen LogP contribution in [0.15, 0.2) is 168 Å². The Morgan fingerprint density at radius 2 is 0.980 bits per heavy atom. The van der Waals surface area contributed by atoms with Gasteiger partial charge in [-0.1, -0.05) is 121 Å². The maximum Gasteiger partial charge on any atom is 0.227 e. The molecule has 0 fully saturated rings. The van der Waals surface area contributed by atoms with Gasteiger partial charge in [-0.3, -0.25) is 0 Å². The number of aromatic nitrogens is 1. The van der Waals surface area contributed by atoms with E-state index < -0.39 is 0 Å². The van der Waals surface area contributed by atoms with Crippen molar-refractivity contribution >= 4 is 85.7 Å². The van der Waals surface area contributed by atoms with Crippen molar-refractivity contribution in [1.82, 2.24) is 4.98 Å². The predicted octanol–water partition coefficient (Wildman–Crippen LogP) is 13.8. The van der Waals surface area contributed by atoms with Gasteiger partial charge in [0.2, 0.25) is 5.89 Å². The van der Waals surface area contributed by atoms with Crippen molar-refractivity contribution in [2.75, 3.05) is 0 Å². The van der Waals surface area contributed by atoms with E-state index in [1.54, 1.807) is 0 Å². The standard InChI is InChI=1S/C47H27NOS/c1-2-10-29(11-3-1)47-48-40-24-21-28-18-19-30-26-31(20-23-33(30)45(28)46(40)49-47)43-35-13-4-6-15-37(35)44(38-16-7-5-14-36(38)43)32-22-25-42-39(27-32)34-12-8-9-17-41(34)50-42/h1-27H. The average Bonchev–Trinajstić information content (AvgIpc) is 3.79. The molecule has 232 valence electrons. The first-order chi connectivity index (χ1) is 24.8. The minimum Gasteiger partial charge on any atom is -0.435 e. The van der Waals surface area contributed by atoms with Crippen molar-refractivity contribution in [3.8, 4) is 33.7 Å². The molecule has 0 aliphatic rings. The van der Waals surface area contributed by atoms with Gasteiger partial charge >= 0.3 is 0 Å². The van der Waals surface area contributed by atoms with E-state index in [9.17, 15) is 0 Å². The van der Waals surface area contributed by atoms with Gasteiger partial charge in [-0.2, -0.15) is 0 Å². The highest BCUT2D eigenvalue weighted by atomic mass is 32.1. The molecule has 0 saturated carbocycles.